The zero-order valence-electron chi connectivity index (χ0n) is 12.5. The van der Waals surface area contributed by atoms with Gasteiger partial charge in [0, 0.05) is 22.3 Å². The average molecular weight is 331 g/mol. The highest BCUT2D eigenvalue weighted by Crippen LogP contribution is 2.49. The molecule has 0 bridgehead atoms. The number of benzene rings is 2. The first-order valence-corrected chi connectivity index (χ1v) is 7.63. The molecule has 6 heteroatoms. The first-order valence-electron chi connectivity index (χ1n) is 7.25. The van der Waals surface area contributed by atoms with E-state index in [-0.39, 0.29) is 11.6 Å². The van der Waals surface area contributed by atoms with Crippen molar-refractivity contribution in [3.8, 4) is 0 Å². The molecule has 0 atom stereocenters. The van der Waals surface area contributed by atoms with Crippen molar-refractivity contribution in [2.75, 3.05) is 5.32 Å². The number of anilines is 1. The van der Waals surface area contributed by atoms with Gasteiger partial charge in [-0.3, -0.25) is 14.9 Å². The summed E-state index contributed by atoms with van der Waals surface area (Å²) in [4.78, 5) is 23.2. The standard InChI is InChI=1S/C17H15ClN2O3/c1-11-5-6-14(10-15(11)20(22)23)19-16(21)17(7-8-17)12-3-2-4-13(18)9-12/h2-6,9-10H,7-8H2,1H3,(H,19,21). The Morgan fingerprint density at radius 2 is 2.00 bits per heavy atom. The molecule has 1 amide bonds. The van der Waals surface area contributed by atoms with Crippen LogP contribution >= 0.6 is 11.6 Å². The smallest absolute Gasteiger partial charge is 0.274 e. The Balaban J connectivity index is 1.85. The summed E-state index contributed by atoms with van der Waals surface area (Å²) in [6, 6.07) is 12.0. The Kier molecular flexibility index (Phi) is 3.82. The van der Waals surface area contributed by atoms with Crippen molar-refractivity contribution in [3.05, 3.63) is 68.7 Å². The van der Waals surface area contributed by atoms with Gasteiger partial charge < -0.3 is 5.32 Å². The Bertz CT molecular complexity index is 800. The lowest BCUT2D eigenvalue weighted by Gasteiger charge is -2.16. The lowest BCUT2D eigenvalue weighted by molar-refractivity contribution is -0.385. The van der Waals surface area contributed by atoms with Gasteiger partial charge >= 0.3 is 0 Å². The Morgan fingerprint density at radius 3 is 2.61 bits per heavy atom. The van der Waals surface area contributed by atoms with Gasteiger partial charge in [-0.2, -0.15) is 0 Å². The first kappa shape index (κ1) is 15.5. The van der Waals surface area contributed by atoms with E-state index in [0.29, 0.717) is 16.3 Å². The summed E-state index contributed by atoms with van der Waals surface area (Å²) >= 11 is 6.01. The number of hydrogen-bond acceptors (Lipinski definition) is 3. The van der Waals surface area contributed by atoms with Gasteiger partial charge in [-0.05, 0) is 43.5 Å². The molecule has 0 spiro atoms. The molecular weight excluding hydrogens is 316 g/mol. The van der Waals surface area contributed by atoms with E-state index in [2.05, 4.69) is 5.32 Å². The molecule has 1 N–H and O–H groups in total. The second-order valence-corrected chi connectivity index (χ2v) is 6.24. The summed E-state index contributed by atoms with van der Waals surface area (Å²) in [6.45, 7) is 1.66. The Morgan fingerprint density at radius 1 is 1.26 bits per heavy atom. The highest BCUT2D eigenvalue weighted by atomic mass is 35.5. The topological polar surface area (TPSA) is 72.2 Å². The molecule has 3 rings (SSSR count). The highest BCUT2D eigenvalue weighted by Gasteiger charge is 2.51. The van der Waals surface area contributed by atoms with Gasteiger partial charge in [0.05, 0.1) is 10.3 Å². The van der Waals surface area contributed by atoms with Gasteiger partial charge in [0.25, 0.3) is 5.69 Å². The highest BCUT2D eigenvalue weighted by molar-refractivity contribution is 6.30. The monoisotopic (exact) mass is 330 g/mol. The van der Waals surface area contributed by atoms with Crippen molar-refractivity contribution in [2.45, 2.75) is 25.2 Å². The molecule has 0 heterocycles. The van der Waals surface area contributed by atoms with Gasteiger partial charge in [-0.1, -0.05) is 29.8 Å². The van der Waals surface area contributed by atoms with Gasteiger partial charge in [-0.25, -0.2) is 0 Å². The Hall–Kier alpha value is -2.40. The Labute approximate surface area is 138 Å². The van der Waals surface area contributed by atoms with Crippen LogP contribution in [0.5, 0.6) is 0 Å². The van der Waals surface area contributed by atoms with E-state index in [1.807, 2.05) is 12.1 Å². The molecule has 23 heavy (non-hydrogen) atoms. The van der Waals surface area contributed by atoms with Gasteiger partial charge in [0.2, 0.25) is 5.91 Å². The van der Waals surface area contributed by atoms with E-state index in [1.165, 1.54) is 6.07 Å². The lowest BCUT2D eigenvalue weighted by atomic mass is 9.95. The quantitative estimate of drug-likeness (QED) is 0.673. The van der Waals surface area contributed by atoms with Crippen LogP contribution in [0.1, 0.15) is 24.0 Å². The second-order valence-electron chi connectivity index (χ2n) is 5.80. The third kappa shape index (κ3) is 2.92. The summed E-state index contributed by atoms with van der Waals surface area (Å²) < 4.78 is 0. The SMILES string of the molecule is Cc1ccc(NC(=O)C2(c3cccc(Cl)c3)CC2)cc1[N+](=O)[O-]. The molecule has 1 aliphatic carbocycles. The maximum Gasteiger partial charge on any atom is 0.274 e. The second kappa shape index (κ2) is 5.66. The summed E-state index contributed by atoms with van der Waals surface area (Å²) in [6.07, 6.45) is 1.49. The number of nitro benzene ring substituents is 1. The minimum atomic E-state index is -0.579. The van der Waals surface area contributed by atoms with Crippen molar-refractivity contribution in [3.63, 3.8) is 0 Å². The van der Waals surface area contributed by atoms with E-state index >= 15 is 0 Å². The van der Waals surface area contributed by atoms with Gasteiger partial charge in [-0.15, -0.1) is 0 Å². The van der Waals surface area contributed by atoms with Gasteiger partial charge in [0.15, 0.2) is 0 Å². The summed E-state index contributed by atoms with van der Waals surface area (Å²) in [5.41, 5.74) is 1.29. The molecule has 1 saturated carbocycles. The number of nitrogens with one attached hydrogen (secondary N) is 1. The molecule has 0 saturated heterocycles. The van der Waals surface area contributed by atoms with Crippen molar-refractivity contribution in [1.29, 1.82) is 0 Å². The van der Waals surface area contributed by atoms with E-state index in [9.17, 15) is 14.9 Å². The normalized spacial score (nSPS) is 15.0. The molecule has 118 valence electrons. The van der Waals surface area contributed by atoms with E-state index in [1.54, 1.807) is 31.2 Å². The summed E-state index contributed by atoms with van der Waals surface area (Å²) in [7, 11) is 0. The number of nitro groups is 1. The van der Waals surface area contributed by atoms with Gasteiger partial charge in [0.1, 0.15) is 0 Å². The number of carbonyl (C=O) groups is 1. The lowest BCUT2D eigenvalue weighted by Crippen LogP contribution is -2.27. The maximum absolute atomic E-state index is 12.7. The fourth-order valence-electron chi connectivity index (χ4n) is 2.69. The fourth-order valence-corrected chi connectivity index (χ4v) is 2.88. The molecular formula is C17H15ClN2O3. The number of halogens is 1. The van der Waals surface area contributed by atoms with E-state index in [0.717, 1.165) is 18.4 Å². The van der Waals surface area contributed by atoms with Crippen LogP contribution < -0.4 is 5.32 Å². The van der Waals surface area contributed by atoms with Crippen molar-refractivity contribution in [2.24, 2.45) is 0 Å². The molecule has 0 aromatic heterocycles. The van der Waals surface area contributed by atoms with Crippen molar-refractivity contribution < 1.29 is 9.72 Å². The van der Waals surface area contributed by atoms with Crippen LogP contribution in [-0.2, 0) is 10.2 Å². The van der Waals surface area contributed by atoms with E-state index in [4.69, 9.17) is 11.6 Å². The molecule has 2 aromatic carbocycles. The molecule has 1 aliphatic rings. The minimum absolute atomic E-state index is 0.00426. The van der Waals surface area contributed by atoms with Crippen molar-refractivity contribution >= 4 is 28.9 Å². The van der Waals surface area contributed by atoms with Crippen LogP contribution in [0, 0.1) is 17.0 Å². The van der Waals surface area contributed by atoms with Crippen LogP contribution in [0.2, 0.25) is 5.02 Å². The van der Waals surface area contributed by atoms with Crippen molar-refractivity contribution in [1.82, 2.24) is 0 Å². The van der Waals surface area contributed by atoms with Crippen LogP contribution in [-0.4, -0.2) is 10.8 Å². The van der Waals surface area contributed by atoms with Crippen LogP contribution in [0.4, 0.5) is 11.4 Å². The maximum atomic E-state index is 12.7. The zero-order chi connectivity index (χ0) is 16.6. The van der Waals surface area contributed by atoms with Crippen LogP contribution in [0.25, 0.3) is 0 Å². The molecule has 1 fully saturated rings. The predicted molar refractivity (Wildman–Crippen MR) is 88.8 cm³/mol. The number of hydrogen-bond donors (Lipinski definition) is 1. The third-order valence-corrected chi connectivity index (χ3v) is 4.46. The molecule has 5 nitrogen and oxygen atoms in total. The first-order chi connectivity index (χ1) is 10.9. The average Bonchev–Trinajstić information content (AvgIpc) is 3.30. The van der Waals surface area contributed by atoms with Crippen LogP contribution in [0.15, 0.2) is 42.5 Å². The summed E-state index contributed by atoms with van der Waals surface area (Å²) in [5.74, 6) is -0.155. The molecule has 0 radical (unpaired) electrons. The third-order valence-electron chi connectivity index (χ3n) is 4.23. The number of nitrogens with zero attached hydrogens (tertiary/aromatic N) is 1. The van der Waals surface area contributed by atoms with E-state index < -0.39 is 10.3 Å². The number of carbonyl (C=O) groups excluding carboxylic acids is 1. The fraction of sp³-hybridized carbons (Fsp3) is 0.235. The molecule has 0 aliphatic heterocycles. The number of amides is 1. The molecule has 0 unspecified atom stereocenters. The summed E-state index contributed by atoms with van der Waals surface area (Å²) in [5, 5.41) is 14.4. The van der Waals surface area contributed by atoms with Crippen LogP contribution in [0.3, 0.4) is 0 Å². The molecule has 2 aromatic rings. The zero-order valence-corrected chi connectivity index (χ0v) is 13.3. The number of aryl methyl sites for hydroxylation is 1. The largest absolute Gasteiger partial charge is 0.325 e. The number of rotatable bonds is 4. The minimum Gasteiger partial charge on any atom is -0.325 e. The predicted octanol–water partition coefficient (Wildman–Crippen LogP) is 4.23.